The summed E-state index contributed by atoms with van der Waals surface area (Å²) in [7, 11) is 0. The van der Waals surface area contributed by atoms with Gasteiger partial charge in [0.1, 0.15) is 0 Å². The van der Waals surface area contributed by atoms with E-state index in [2.05, 4.69) is 6.58 Å². The fourth-order valence-corrected chi connectivity index (χ4v) is 2.23. The topological polar surface area (TPSA) is 70.3 Å². The summed E-state index contributed by atoms with van der Waals surface area (Å²) in [6, 6.07) is 1.82. The van der Waals surface area contributed by atoms with Crippen LogP contribution in [-0.4, -0.2) is 23.8 Å². The van der Waals surface area contributed by atoms with Crippen molar-refractivity contribution >= 4 is 5.97 Å². The highest BCUT2D eigenvalue weighted by molar-refractivity contribution is 5.78. The number of hydrogen-bond acceptors (Lipinski definition) is 4. The van der Waals surface area contributed by atoms with Crippen molar-refractivity contribution in [2.75, 3.05) is 6.61 Å². The van der Waals surface area contributed by atoms with Gasteiger partial charge in [-0.1, -0.05) is 20.4 Å². The molecule has 88 valence electrons. The van der Waals surface area contributed by atoms with E-state index in [1.807, 2.05) is 19.9 Å². The maximum atomic E-state index is 11.6. The molecular weight excluding hydrogens is 206 g/mol. The zero-order valence-corrected chi connectivity index (χ0v) is 9.86. The Morgan fingerprint density at radius 2 is 2.25 bits per heavy atom. The molecule has 0 aromatic rings. The summed E-state index contributed by atoms with van der Waals surface area (Å²) in [6.07, 6.45) is -0.950. The third kappa shape index (κ3) is 1.96. The molecule has 0 saturated heterocycles. The van der Waals surface area contributed by atoms with Crippen LogP contribution in [0.2, 0.25) is 0 Å². The summed E-state index contributed by atoms with van der Waals surface area (Å²) < 4.78 is 4.93. The number of esters is 1. The Morgan fingerprint density at radius 3 is 2.69 bits per heavy atom. The fraction of sp³-hybridized carbons (Fsp3) is 0.667. The first-order chi connectivity index (χ1) is 7.37. The van der Waals surface area contributed by atoms with Gasteiger partial charge in [0.15, 0.2) is 0 Å². The Labute approximate surface area is 95.5 Å². The van der Waals surface area contributed by atoms with Gasteiger partial charge >= 0.3 is 5.97 Å². The van der Waals surface area contributed by atoms with Crippen molar-refractivity contribution in [1.29, 1.82) is 5.26 Å². The van der Waals surface area contributed by atoms with E-state index in [4.69, 9.17) is 10.00 Å². The number of nitriles is 1. The van der Waals surface area contributed by atoms with Crippen molar-refractivity contribution in [3.05, 3.63) is 12.2 Å². The number of carbonyl (C=O) groups is 1. The second-order valence-corrected chi connectivity index (χ2v) is 4.66. The van der Waals surface area contributed by atoms with Gasteiger partial charge in [-0.25, -0.2) is 0 Å². The maximum Gasteiger partial charge on any atom is 0.309 e. The van der Waals surface area contributed by atoms with Crippen LogP contribution in [0.25, 0.3) is 0 Å². The second kappa shape index (κ2) is 4.26. The third-order valence-electron chi connectivity index (χ3n) is 3.29. The van der Waals surface area contributed by atoms with Gasteiger partial charge in [0.25, 0.3) is 0 Å². The van der Waals surface area contributed by atoms with Crippen LogP contribution in [0.3, 0.4) is 0 Å². The fourth-order valence-electron chi connectivity index (χ4n) is 2.23. The van der Waals surface area contributed by atoms with Crippen LogP contribution in [0.5, 0.6) is 0 Å². The molecule has 3 atom stereocenters. The Balaban J connectivity index is 2.75. The van der Waals surface area contributed by atoms with Gasteiger partial charge in [0, 0.05) is 5.92 Å². The van der Waals surface area contributed by atoms with Crippen LogP contribution in [0.1, 0.15) is 20.8 Å². The molecule has 0 bridgehead atoms. The molecule has 1 fully saturated rings. The zero-order chi connectivity index (χ0) is 12.5. The molecule has 16 heavy (non-hydrogen) atoms. The molecule has 0 aromatic carbocycles. The van der Waals surface area contributed by atoms with E-state index >= 15 is 0 Å². The molecule has 0 aromatic heterocycles. The van der Waals surface area contributed by atoms with E-state index in [0.29, 0.717) is 6.61 Å². The van der Waals surface area contributed by atoms with Gasteiger partial charge in [-0.2, -0.15) is 5.26 Å². The molecule has 1 saturated carbocycles. The van der Waals surface area contributed by atoms with Crippen molar-refractivity contribution in [3.63, 3.8) is 0 Å². The van der Waals surface area contributed by atoms with E-state index in [0.717, 1.165) is 0 Å². The standard InChI is InChI=1S/C12H17NO3/c1-5-16-11(15)9-8(12(9,3)4)10(14)7(2)6-13/h8-10,14H,2,5H2,1,3-4H3. The lowest BCUT2D eigenvalue weighted by Gasteiger charge is -2.08. The molecule has 0 radical (unpaired) electrons. The quantitative estimate of drug-likeness (QED) is 0.575. The highest BCUT2D eigenvalue weighted by Crippen LogP contribution is 2.61. The maximum absolute atomic E-state index is 11.6. The minimum absolute atomic E-state index is 0.102. The van der Waals surface area contributed by atoms with E-state index in [1.165, 1.54) is 0 Å². The van der Waals surface area contributed by atoms with Crippen molar-refractivity contribution < 1.29 is 14.6 Å². The number of aliphatic hydroxyl groups is 1. The molecule has 0 amide bonds. The first-order valence-corrected chi connectivity index (χ1v) is 5.31. The van der Waals surface area contributed by atoms with Gasteiger partial charge in [-0.05, 0) is 12.3 Å². The first-order valence-electron chi connectivity index (χ1n) is 5.31. The lowest BCUT2D eigenvalue weighted by atomic mass is 10.0. The minimum Gasteiger partial charge on any atom is -0.466 e. The predicted molar refractivity (Wildman–Crippen MR) is 58.2 cm³/mol. The first kappa shape index (κ1) is 12.7. The Hall–Kier alpha value is -1.34. The molecule has 0 spiro atoms. The lowest BCUT2D eigenvalue weighted by molar-refractivity contribution is -0.146. The average molecular weight is 223 g/mol. The summed E-state index contributed by atoms with van der Waals surface area (Å²) in [4.78, 5) is 11.6. The molecule has 4 nitrogen and oxygen atoms in total. The summed E-state index contributed by atoms with van der Waals surface area (Å²) in [5.74, 6) is -0.909. The Kier molecular flexibility index (Phi) is 3.39. The lowest BCUT2D eigenvalue weighted by Crippen LogP contribution is -2.16. The van der Waals surface area contributed by atoms with E-state index in [9.17, 15) is 9.90 Å². The summed E-state index contributed by atoms with van der Waals surface area (Å²) in [5, 5.41) is 18.5. The number of ether oxygens (including phenoxy) is 1. The van der Waals surface area contributed by atoms with Crippen molar-refractivity contribution in [2.45, 2.75) is 26.9 Å². The van der Waals surface area contributed by atoms with Crippen molar-refractivity contribution in [2.24, 2.45) is 17.3 Å². The number of hydrogen-bond donors (Lipinski definition) is 1. The van der Waals surface area contributed by atoms with Gasteiger partial charge in [0.2, 0.25) is 0 Å². The van der Waals surface area contributed by atoms with Gasteiger partial charge in [-0.3, -0.25) is 4.79 Å². The van der Waals surface area contributed by atoms with Crippen molar-refractivity contribution in [1.82, 2.24) is 0 Å². The molecule has 3 unspecified atom stereocenters. The number of rotatable bonds is 4. The summed E-state index contributed by atoms with van der Waals surface area (Å²) >= 11 is 0. The highest BCUT2D eigenvalue weighted by Gasteiger charge is 2.65. The second-order valence-electron chi connectivity index (χ2n) is 4.66. The van der Waals surface area contributed by atoms with E-state index < -0.39 is 6.10 Å². The molecule has 4 heteroatoms. The van der Waals surface area contributed by atoms with Gasteiger partial charge in [-0.15, -0.1) is 0 Å². The van der Waals surface area contributed by atoms with Crippen LogP contribution in [0.15, 0.2) is 12.2 Å². The zero-order valence-electron chi connectivity index (χ0n) is 9.86. The molecule has 1 N–H and O–H groups in total. The molecule has 1 aliphatic carbocycles. The smallest absolute Gasteiger partial charge is 0.309 e. The Bertz CT molecular complexity index is 354. The third-order valence-corrected chi connectivity index (χ3v) is 3.29. The van der Waals surface area contributed by atoms with Crippen LogP contribution in [-0.2, 0) is 9.53 Å². The minimum atomic E-state index is -0.950. The van der Waals surface area contributed by atoms with Crippen LogP contribution >= 0.6 is 0 Å². The molecule has 1 rings (SSSR count). The highest BCUT2D eigenvalue weighted by atomic mass is 16.5. The average Bonchev–Trinajstić information content (AvgIpc) is 2.79. The van der Waals surface area contributed by atoms with Crippen LogP contribution in [0, 0.1) is 28.6 Å². The normalized spacial score (nSPS) is 27.7. The molecule has 0 aliphatic heterocycles. The summed E-state index contributed by atoms with van der Waals surface area (Å²) in [6.45, 7) is 9.31. The van der Waals surface area contributed by atoms with Crippen LogP contribution in [0.4, 0.5) is 0 Å². The monoisotopic (exact) mass is 223 g/mol. The van der Waals surface area contributed by atoms with Crippen molar-refractivity contribution in [3.8, 4) is 6.07 Å². The Morgan fingerprint density at radius 1 is 1.69 bits per heavy atom. The van der Waals surface area contributed by atoms with Gasteiger partial charge < -0.3 is 9.84 Å². The predicted octanol–water partition coefficient (Wildman–Crippen LogP) is 1.26. The van der Waals surface area contributed by atoms with Crippen LogP contribution < -0.4 is 0 Å². The number of nitrogens with zero attached hydrogens (tertiary/aromatic N) is 1. The SMILES string of the molecule is C=C(C#N)C(O)C1C(C(=O)OCC)C1(C)C. The largest absolute Gasteiger partial charge is 0.466 e. The number of carbonyl (C=O) groups excluding carboxylic acids is 1. The molecule has 1 aliphatic rings. The summed E-state index contributed by atoms with van der Waals surface area (Å²) in [5.41, 5.74) is -0.226. The molecular formula is C12H17NO3. The van der Waals surface area contributed by atoms with Gasteiger partial charge in [0.05, 0.1) is 30.3 Å². The van der Waals surface area contributed by atoms with E-state index in [-0.39, 0.29) is 28.8 Å². The number of aliphatic hydroxyl groups excluding tert-OH is 1. The van der Waals surface area contributed by atoms with E-state index in [1.54, 1.807) is 6.92 Å². The molecule has 0 heterocycles.